The Morgan fingerprint density at radius 1 is 1.15 bits per heavy atom. The van der Waals surface area contributed by atoms with Gasteiger partial charge in [-0.1, -0.05) is 29.8 Å². The molecular formula is C19H22ClN3O4. The molecule has 8 heteroatoms. The van der Waals surface area contributed by atoms with Gasteiger partial charge < -0.3 is 14.4 Å². The lowest BCUT2D eigenvalue weighted by Crippen LogP contribution is -2.15. The molecule has 0 aliphatic rings. The molecule has 0 spiro atoms. The average Bonchev–Trinajstić information content (AvgIpc) is 2.97. The Kier molecular flexibility index (Phi) is 7.01. The average molecular weight is 392 g/mol. The zero-order valence-corrected chi connectivity index (χ0v) is 16.5. The molecule has 0 aliphatic carbocycles. The Morgan fingerprint density at radius 3 is 2.33 bits per heavy atom. The highest BCUT2D eigenvalue weighted by atomic mass is 35.5. The van der Waals surface area contributed by atoms with Crippen molar-refractivity contribution in [1.29, 1.82) is 0 Å². The van der Waals surface area contributed by atoms with Crippen LogP contribution in [0.3, 0.4) is 0 Å². The largest absolute Gasteiger partial charge is 0.462 e. The number of benzene rings is 1. The number of nitrogens with zero attached hydrogens (tertiary/aromatic N) is 3. The smallest absolute Gasteiger partial charge is 0.343 e. The third-order valence-electron chi connectivity index (χ3n) is 3.45. The quantitative estimate of drug-likeness (QED) is 0.533. The molecule has 7 nitrogen and oxygen atoms in total. The number of halogens is 1. The summed E-state index contributed by atoms with van der Waals surface area (Å²) in [5, 5.41) is 4.49. The Labute approximate surface area is 163 Å². The van der Waals surface area contributed by atoms with Gasteiger partial charge in [0.05, 0.1) is 18.9 Å². The molecule has 0 fully saturated rings. The first-order chi connectivity index (χ1) is 12.9. The van der Waals surface area contributed by atoms with Gasteiger partial charge in [0.2, 0.25) is 0 Å². The molecule has 144 valence electrons. The number of hydrogen-bond acceptors (Lipinski definition) is 6. The van der Waals surface area contributed by atoms with Gasteiger partial charge in [0.25, 0.3) is 0 Å². The van der Waals surface area contributed by atoms with Gasteiger partial charge in [-0.25, -0.2) is 14.3 Å². The molecule has 0 N–H and O–H groups in total. The van der Waals surface area contributed by atoms with Crippen molar-refractivity contribution in [2.24, 2.45) is 0 Å². The minimum absolute atomic E-state index is 0.0172. The summed E-state index contributed by atoms with van der Waals surface area (Å²) in [6.45, 7) is 3.74. The molecule has 0 bridgehead atoms. The zero-order chi connectivity index (χ0) is 20.0. The van der Waals surface area contributed by atoms with E-state index < -0.39 is 11.9 Å². The van der Waals surface area contributed by atoms with E-state index in [1.165, 1.54) is 10.9 Å². The lowest BCUT2D eigenvalue weighted by Gasteiger charge is -2.11. The summed E-state index contributed by atoms with van der Waals surface area (Å²) in [6, 6.07) is 9.07. The summed E-state index contributed by atoms with van der Waals surface area (Å²) < 4.78 is 11.6. The van der Waals surface area contributed by atoms with Crippen molar-refractivity contribution in [2.75, 3.05) is 27.3 Å². The van der Waals surface area contributed by atoms with Crippen molar-refractivity contribution in [2.45, 2.75) is 13.8 Å². The van der Waals surface area contributed by atoms with Gasteiger partial charge in [-0.15, -0.1) is 0 Å². The lowest BCUT2D eigenvalue weighted by atomic mass is 10.1. The highest BCUT2D eigenvalue weighted by Gasteiger charge is 2.30. The minimum atomic E-state index is -0.659. The molecule has 1 aromatic carbocycles. The van der Waals surface area contributed by atoms with Gasteiger partial charge in [-0.3, -0.25) is 0 Å². The predicted molar refractivity (Wildman–Crippen MR) is 103 cm³/mol. The first-order valence-corrected chi connectivity index (χ1v) is 8.85. The molecule has 2 aromatic rings. The summed E-state index contributed by atoms with van der Waals surface area (Å²) in [5.74, 6) is -1.26. The monoisotopic (exact) mass is 391 g/mol. The van der Waals surface area contributed by atoms with Gasteiger partial charge in [0, 0.05) is 20.3 Å². The summed E-state index contributed by atoms with van der Waals surface area (Å²) in [5.41, 5.74) is 0.881. The van der Waals surface area contributed by atoms with Gasteiger partial charge >= 0.3 is 11.9 Å². The number of carbonyl (C=O) groups excluding carboxylic acids is 2. The number of rotatable bonds is 7. The fourth-order valence-corrected chi connectivity index (χ4v) is 2.69. The molecule has 2 rings (SSSR count). The van der Waals surface area contributed by atoms with E-state index in [1.54, 1.807) is 45.0 Å². The second-order valence-corrected chi connectivity index (χ2v) is 6.07. The third kappa shape index (κ3) is 4.68. The summed E-state index contributed by atoms with van der Waals surface area (Å²) in [7, 11) is 3.50. The van der Waals surface area contributed by atoms with Crippen molar-refractivity contribution in [1.82, 2.24) is 14.7 Å². The molecule has 0 amide bonds. The Hall–Kier alpha value is -2.80. The number of ether oxygens (including phenoxy) is 2. The van der Waals surface area contributed by atoms with Crippen molar-refractivity contribution in [3.8, 4) is 5.69 Å². The van der Waals surface area contributed by atoms with Gasteiger partial charge in [0.1, 0.15) is 22.0 Å². The van der Waals surface area contributed by atoms with Crippen LogP contribution in [0.25, 0.3) is 11.3 Å². The van der Waals surface area contributed by atoms with Crippen LogP contribution in [-0.4, -0.2) is 53.9 Å². The first-order valence-electron chi connectivity index (χ1n) is 8.47. The van der Waals surface area contributed by atoms with E-state index in [2.05, 4.69) is 5.10 Å². The van der Waals surface area contributed by atoms with E-state index in [0.29, 0.717) is 5.69 Å². The van der Waals surface area contributed by atoms with Crippen molar-refractivity contribution in [3.63, 3.8) is 0 Å². The molecule has 0 atom stereocenters. The molecule has 0 unspecified atom stereocenters. The number of para-hydroxylation sites is 1. The van der Waals surface area contributed by atoms with Crippen molar-refractivity contribution < 1.29 is 19.1 Å². The van der Waals surface area contributed by atoms with Crippen LogP contribution in [0.5, 0.6) is 0 Å². The highest BCUT2D eigenvalue weighted by molar-refractivity contribution is 6.34. The van der Waals surface area contributed by atoms with E-state index in [9.17, 15) is 9.59 Å². The number of hydrogen-bond donors (Lipinski definition) is 0. The SMILES string of the molecule is CCOC(=O)/C(=C\N(C)C)c1nn(-c2ccccc2)c(Cl)c1C(=O)OCC. The number of carbonyl (C=O) groups is 2. The molecular weight excluding hydrogens is 370 g/mol. The lowest BCUT2D eigenvalue weighted by molar-refractivity contribution is -0.136. The standard InChI is InChI=1S/C19H22ClN3O4/c1-5-26-18(24)14(12-22(3)4)16-15(19(25)27-6-2)17(20)23(21-16)13-10-8-7-9-11-13/h7-12H,5-6H2,1-4H3/b14-12-. The molecule has 0 aliphatic heterocycles. The Morgan fingerprint density at radius 2 is 1.78 bits per heavy atom. The second-order valence-electron chi connectivity index (χ2n) is 5.71. The zero-order valence-electron chi connectivity index (χ0n) is 15.7. The van der Waals surface area contributed by atoms with Crippen LogP contribution in [0.2, 0.25) is 5.15 Å². The maximum atomic E-state index is 12.5. The molecule has 0 saturated carbocycles. The normalized spacial score (nSPS) is 11.2. The third-order valence-corrected chi connectivity index (χ3v) is 3.80. The van der Waals surface area contributed by atoms with Crippen LogP contribution in [0.15, 0.2) is 36.5 Å². The van der Waals surface area contributed by atoms with Crippen molar-refractivity contribution in [3.05, 3.63) is 52.9 Å². The maximum Gasteiger partial charge on any atom is 0.343 e. The molecule has 0 saturated heterocycles. The fourth-order valence-electron chi connectivity index (χ4n) is 2.39. The molecule has 27 heavy (non-hydrogen) atoms. The maximum absolute atomic E-state index is 12.5. The topological polar surface area (TPSA) is 73.7 Å². The van der Waals surface area contributed by atoms with Crippen LogP contribution in [0.1, 0.15) is 29.9 Å². The predicted octanol–water partition coefficient (Wildman–Crippen LogP) is 3.17. The van der Waals surface area contributed by atoms with E-state index >= 15 is 0 Å². The first kappa shape index (κ1) is 20.5. The molecule has 0 radical (unpaired) electrons. The number of esters is 2. The van der Waals surface area contributed by atoms with E-state index in [1.807, 2.05) is 18.2 Å². The molecule has 1 aromatic heterocycles. The van der Waals surface area contributed by atoms with E-state index in [0.717, 1.165) is 0 Å². The van der Waals surface area contributed by atoms with Crippen LogP contribution >= 0.6 is 11.6 Å². The van der Waals surface area contributed by atoms with Gasteiger partial charge in [-0.05, 0) is 26.0 Å². The summed E-state index contributed by atoms with van der Waals surface area (Å²) in [4.78, 5) is 26.7. The molecule has 1 heterocycles. The summed E-state index contributed by atoms with van der Waals surface area (Å²) in [6.07, 6.45) is 1.54. The van der Waals surface area contributed by atoms with Crippen LogP contribution in [0.4, 0.5) is 0 Å². The van der Waals surface area contributed by atoms with E-state index in [-0.39, 0.29) is 35.2 Å². The van der Waals surface area contributed by atoms with Crippen LogP contribution in [-0.2, 0) is 14.3 Å². The van der Waals surface area contributed by atoms with Crippen LogP contribution in [0, 0.1) is 0 Å². The number of aromatic nitrogens is 2. The highest BCUT2D eigenvalue weighted by Crippen LogP contribution is 2.30. The van der Waals surface area contributed by atoms with Gasteiger partial charge in [-0.2, -0.15) is 5.10 Å². The van der Waals surface area contributed by atoms with Crippen LogP contribution < -0.4 is 0 Å². The fraction of sp³-hybridized carbons (Fsp3) is 0.316. The Balaban J connectivity index is 2.72. The summed E-state index contributed by atoms with van der Waals surface area (Å²) >= 11 is 6.46. The van der Waals surface area contributed by atoms with Gasteiger partial charge in [0.15, 0.2) is 0 Å². The second kappa shape index (κ2) is 9.23. The van der Waals surface area contributed by atoms with Crippen molar-refractivity contribution >= 4 is 29.1 Å². The van der Waals surface area contributed by atoms with E-state index in [4.69, 9.17) is 21.1 Å². The Bertz CT molecular complexity index is 844. The minimum Gasteiger partial charge on any atom is -0.462 e.